The molecule has 7 saturated heterocycles. The molecule has 11 aliphatic rings. The molecule has 35 nitrogen and oxygen atoms in total. The van der Waals surface area contributed by atoms with Gasteiger partial charge in [-0.2, -0.15) is 0 Å². The first kappa shape index (κ1) is 92.9. The van der Waals surface area contributed by atoms with Gasteiger partial charge in [0, 0.05) is 25.3 Å². The Kier molecular flexibility index (Phi) is 31.7. The van der Waals surface area contributed by atoms with Crippen LogP contribution in [0.3, 0.4) is 0 Å². The first-order chi connectivity index (χ1) is 52.2. The average molecular weight is 1690 g/mol. The van der Waals surface area contributed by atoms with E-state index >= 15 is 0 Å². The van der Waals surface area contributed by atoms with Crippen LogP contribution in [-0.4, -0.2) is 321 Å². The van der Waals surface area contributed by atoms with E-state index in [9.17, 15) is 91.0 Å². The van der Waals surface area contributed by atoms with Gasteiger partial charge in [-0.15, -0.1) is 9.24 Å². The molecule has 0 radical (unpaired) electrons. The van der Waals surface area contributed by atoms with E-state index in [1.54, 1.807) is 0 Å². The molecule has 1 aromatic rings. The SMILES string of the molecule is C.C=C1C[C@@]23CCC4[C@](C)(C(=O)O[C@@H]5OC(CO)[C@@H](O)[C@H](O)C5O)CCC[C@@]4(C)[C@@H]2CCC1(O[C@@H]1OC(CO)[C@@H](O)[C@H](O[C@@H]2OC(CO)[C@@H](O)[C@H](O)C2O)C1O[C@@H]1OC(C)[C@H](O)[C@H](O)C1O)C3.CC(=O)OCC1O[C@@H](OC(=N)C(Cl)(Cl)Cl)C(OC(C)=O)[C@@H](C)[C@@H]1C.OC1[C@H](OCP)OC2COC(c3ccccc3)O[C@H]2[C@@H]1O. The molecule has 640 valence electrons. The van der Waals surface area contributed by atoms with Crippen LogP contribution in [0.25, 0.3) is 0 Å². The van der Waals surface area contributed by atoms with Gasteiger partial charge in [0.25, 0.3) is 3.79 Å². The second-order valence-electron chi connectivity index (χ2n) is 31.4. The standard InChI is InChI=1S/C44H70O22.C14H20Cl3NO6.C14H19O6P.CH4/c1-17-12-43-10-6-22-41(3,8-5-9-42(22,4)40(58)65-38-33(57)30(54)26(50)20(14-46)61-38)23(43)7-11-44(17,16-43)66-39-35(64-36-31(55)28(52)24(48)18(2)59-36)34(27(51)21(15-47)62-39)63-37-32(56)29(53)25(49)19(13-45)60-37;1-6-7(2)11(22-9(4)20)12(24-13(18)14(15,16)17)23-10(6)5-21-8(3)19;15-10-11(16)14(18-7-21)19-9-6-17-13(20-12(9)10)8-4-2-1-3-5-8;/h18-39,45-57H,1,5-16H2,2-4H3;6-7,10-12,18H,5H2,1-4H3;1-5,9-16H,6-7,21H2;1H4/t18?,19?,20?,21?,22?,23-,24-,25+,26+,27+,28-,29-,30-,31?,32?,33?,34-,35?,36-,37-,38-,39-,41+,42+,43+,44?;6-,7-,10?,11?,12-;9?,10-,11?,12-,13?,14-;/m001./s1. The predicted octanol–water partition coefficient (Wildman–Crippen LogP) is -0.211. The smallest absolute Gasteiger partial charge is 0.314 e. The van der Waals surface area contributed by atoms with Crippen molar-refractivity contribution in [2.45, 2.75) is 301 Å². The largest absolute Gasteiger partial charge is 0.463 e. The van der Waals surface area contributed by atoms with Crippen LogP contribution in [0.15, 0.2) is 42.5 Å². The van der Waals surface area contributed by atoms with Crippen LogP contribution in [0.4, 0.5) is 0 Å². The van der Waals surface area contributed by atoms with E-state index < -0.39 is 242 Å². The van der Waals surface area contributed by atoms with Crippen LogP contribution >= 0.6 is 44.0 Å². The van der Waals surface area contributed by atoms with Gasteiger partial charge in [0.05, 0.1) is 56.0 Å². The van der Waals surface area contributed by atoms with Crippen LogP contribution < -0.4 is 0 Å². The maximum absolute atomic E-state index is 14.3. The summed E-state index contributed by atoms with van der Waals surface area (Å²) in [5, 5.41) is 165. The molecule has 12 rings (SSSR count). The summed E-state index contributed by atoms with van der Waals surface area (Å²) < 4.78 is 89.8. The predicted molar refractivity (Wildman–Crippen MR) is 389 cm³/mol. The molecule has 0 amide bonds. The van der Waals surface area contributed by atoms with Gasteiger partial charge in [0.15, 0.2) is 37.6 Å². The number of nitrogens with one attached hydrogen (secondary N) is 1. The molecule has 4 saturated carbocycles. The molecular weight excluding hydrogens is 1570 g/mol. The Hall–Kier alpha value is -2.94. The molecule has 11 fully saturated rings. The summed E-state index contributed by atoms with van der Waals surface area (Å²) in [6.45, 7) is 14.3. The Morgan fingerprint density at radius 2 is 1.14 bits per heavy atom. The van der Waals surface area contributed by atoms with Gasteiger partial charge < -0.3 is 152 Å². The third kappa shape index (κ3) is 19.3. The van der Waals surface area contributed by atoms with E-state index in [0.717, 1.165) is 17.6 Å². The quantitative estimate of drug-likeness (QED) is 0.0132. The molecular formula is C73H113Cl3NO34P. The minimum absolute atomic E-state index is 0. The van der Waals surface area contributed by atoms with Gasteiger partial charge in [-0.05, 0) is 99.4 Å². The highest BCUT2D eigenvalue weighted by atomic mass is 35.6. The maximum atomic E-state index is 14.3. The van der Waals surface area contributed by atoms with Crippen molar-refractivity contribution in [1.82, 2.24) is 0 Å². The van der Waals surface area contributed by atoms with Gasteiger partial charge in [-0.25, -0.2) is 0 Å². The zero-order valence-electron chi connectivity index (χ0n) is 62.4. The van der Waals surface area contributed by atoms with Crippen molar-refractivity contribution in [1.29, 1.82) is 5.41 Å². The second-order valence-corrected chi connectivity index (χ2v) is 34.0. The fourth-order valence-electron chi connectivity index (χ4n) is 18.3. The number of aliphatic hydroxyl groups excluding tert-OH is 15. The highest BCUT2D eigenvalue weighted by Crippen LogP contribution is 2.74. The van der Waals surface area contributed by atoms with Gasteiger partial charge in [0.2, 0.25) is 18.5 Å². The van der Waals surface area contributed by atoms with E-state index in [0.29, 0.717) is 57.7 Å². The number of carbonyl (C=O) groups excluding carboxylic acids is 3. The van der Waals surface area contributed by atoms with Crippen LogP contribution in [-0.2, 0) is 90.2 Å². The fraction of sp³-hybridized carbons (Fsp3) is 0.836. The molecule has 16 unspecified atom stereocenters. The van der Waals surface area contributed by atoms with Gasteiger partial charge in [-0.1, -0.05) is 106 Å². The van der Waals surface area contributed by atoms with E-state index in [1.807, 2.05) is 51.1 Å². The summed E-state index contributed by atoms with van der Waals surface area (Å²) in [5.41, 5.74) is -1.33. The van der Waals surface area contributed by atoms with Crippen molar-refractivity contribution >= 4 is 67.8 Å². The number of ether oxygens (including phenoxy) is 16. The summed E-state index contributed by atoms with van der Waals surface area (Å²) in [6.07, 6.45) is -34.3. The molecule has 4 aliphatic carbocycles. The molecule has 7 aliphatic heterocycles. The number of alkyl halides is 3. The maximum Gasteiger partial charge on any atom is 0.314 e. The van der Waals surface area contributed by atoms with Crippen LogP contribution in [0.2, 0.25) is 0 Å². The second kappa shape index (κ2) is 38.2. The number of aliphatic hydroxyl groups is 15. The molecule has 1 aromatic carbocycles. The third-order valence-electron chi connectivity index (χ3n) is 24.5. The molecule has 7 heterocycles. The Balaban J connectivity index is 0.000000253. The van der Waals surface area contributed by atoms with Crippen molar-refractivity contribution < 1.29 is 167 Å². The minimum atomic E-state index is -2.08. The highest BCUT2D eigenvalue weighted by molar-refractivity contribution is 7.16. The summed E-state index contributed by atoms with van der Waals surface area (Å²) in [7, 11) is 2.38. The van der Waals surface area contributed by atoms with Crippen molar-refractivity contribution in [3.63, 3.8) is 0 Å². The molecule has 38 atom stereocenters. The Labute approximate surface area is 665 Å². The first-order valence-electron chi connectivity index (χ1n) is 37.3. The molecule has 39 heteroatoms. The van der Waals surface area contributed by atoms with E-state index in [4.69, 9.17) is 116 Å². The third-order valence-corrected chi connectivity index (χ3v) is 25.2. The zero-order valence-corrected chi connectivity index (χ0v) is 65.9. The van der Waals surface area contributed by atoms with Crippen molar-refractivity contribution in [2.75, 3.05) is 39.4 Å². The molecule has 0 aromatic heterocycles. The summed E-state index contributed by atoms with van der Waals surface area (Å²) >= 11 is 16.8. The number of carbonyl (C=O) groups is 3. The number of hydrogen-bond donors (Lipinski definition) is 16. The van der Waals surface area contributed by atoms with Gasteiger partial charge in [0.1, 0.15) is 123 Å². The van der Waals surface area contributed by atoms with Crippen molar-refractivity contribution in [3.05, 3.63) is 48.0 Å². The lowest BCUT2D eigenvalue weighted by molar-refractivity contribution is -0.398. The molecule has 112 heavy (non-hydrogen) atoms. The van der Waals surface area contributed by atoms with Crippen molar-refractivity contribution in [3.8, 4) is 0 Å². The summed E-state index contributed by atoms with van der Waals surface area (Å²) in [4.78, 5) is 36.6. The van der Waals surface area contributed by atoms with Crippen LogP contribution in [0, 0.1) is 45.3 Å². The number of esters is 3. The lowest BCUT2D eigenvalue weighted by atomic mass is 9.41. The monoisotopic (exact) mass is 1680 g/mol. The Morgan fingerprint density at radius 3 is 1.74 bits per heavy atom. The fourth-order valence-corrected chi connectivity index (χ4v) is 18.6. The molecule has 1 spiro atoms. The summed E-state index contributed by atoms with van der Waals surface area (Å²) in [6, 6.07) is 9.46. The number of halogens is 3. The normalized spacial score (nSPS) is 46.5. The summed E-state index contributed by atoms with van der Waals surface area (Å²) in [5.74, 6) is -2.73. The Bertz CT molecular complexity index is 3280. The van der Waals surface area contributed by atoms with E-state index in [1.165, 1.54) is 20.8 Å². The highest BCUT2D eigenvalue weighted by Gasteiger charge is 2.70. The van der Waals surface area contributed by atoms with E-state index in [-0.39, 0.29) is 49.7 Å². The zero-order chi connectivity index (χ0) is 81.5. The van der Waals surface area contributed by atoms with Crippen LogP contribution in [0.5, 0.6) is 0 Å². The van der Waals surface area contributed by atoms with Gasteiger partial charge in [-0.3, -0.25) is 19.8 Å². The topological polar surface area (TPSA) is 526 Å². The number of benzene rings is 1. The molecule has 16 N–H and O–H groups in total. The van der Waals surface area contributed by atoms with Crippen LogP contribution in [0.1, 0.15) is 126 Å². The number of hydrogen-bond acceptors (Lipinski definition) is 35. The van der Waals surface area contributed by atoms with E-state index in [2.05, 4.69) is 22.7 Å². The lowest BCUT2D eigenvalue weighted by Gasteiger charge is -2.64. The minimum Gasteiger partial charge on any atom is -0.463 e. The average Bonchev–Trinajstić information content (AvgIpc) is 1.46. The number of rotatable bonds is 18. The van der Waals surface area contributed by atoms with Gasteiger partial charge >= 0.3 is 17.9 Å². The lowest BCUT2D eigenvalue weighted by Crippen LogP contribution is -2.67. The Morgan fingerprint density at radius 1 is 0.589 bits per heavy atom. The molecule has 2 bridgehead atoms. The first-order valence-corrected chi connectivity index (χ1v) is 39.3. The number of fused-ring (bicyclic) bond motifs is 4. The van der Waals surface area contributed by atoms with Crippen molar-refractivity contribution in [2.24, 2.45) is 39.9 Å².